The molecule has 1 atom stereocenters. The predicted molar refractivity (Wildman–Crippen MR) is 46.3 cm³/mol. The number of hydrogen-bond donors (Lipinski definition) is 1. The third-order valence-electron chi connectivity index (χ3n) is 1.45. The maximum Gasteiger partial charge on any atom is 0.338 e. The number of aliphatic hydroxyl groups excluding tert-OH is 1. The van der Waals surface area contributed by atoms with Gasteiger partial charge in [0.15, 0.2) is 0 Å². The lowest BCUT2D eigenvalue weighted by Crippen LogP contribution is -1.98. The van der Waals surface area contributed by atoms with Gasteiger partial charge in [-0.1, -0.05) is 0 Å². The van der Waals surface area contributed by atoms with Gasteiger partial charge in [-0.3, -0.25) is 0 Å². The average molecular weight is 186 g/mol. The highest BCUT2D eigenvalue weighted by Gasteiger charge is 2.10. The van der Waals surface area contributed by atoms with Gasteiger partial charge in [0.25, 0.3) is 0 Å². The van der Waals surface area contributed by atoms with E-state index in [0.29, 0.717) is 5.56 Å². The van der Waals surface area contributed by atoms with Crippen LogP contribution in [0.1, 0.15) is 28.3 Å². The monoisotopic (exact) mass is 186 g/mol. The zero-order valence-corrected chi connectivity index (χ0v) is 7.72. The van der Waals surface area contributed by atoms with Crippen molar-refractivity contribution in [1.29, 1.82) is 0 Å². The molecular formula is C8H10O3S. The molecular weight excluding hydrogens is 176 g/mol. The van der Waals surface area contributed by atoms with Crippen LogP contribution in [0.15, 0.2) is 11.4 Å². The number of carbonyl (C=O) groups is 1. The van der Waals surface area contributed by atoms with Crippen LogP contribution in [0, 0.1) is 0 Å². The smallest absolute Gasteiger partial charge is 0.338 e. The van der Waals surface area contributed by atoms with Gasteiger partial charge in [0.05, 0.1) is 18.8 Å². The molecule has 1 aromatic rings. The Bertz CT molecular complexity index is 278. The molecule has 0 unspecified atom stereocenters. The van der Waals surface area contributed by atoms with Crippen molar-refractivity contribution in [2.45, 2.75) is 13.0 Å². The second kappa shape index (κ2) is 3.69. The number of thiophene rings is 1. The maximum absolute atomic E-state index is 11.0. The molecule has 0 saturated heterocycles. The highest BCUT2D eigenvalue weighted by atomic mass is 32.1. The highest BCUT2D eigenvalue weighted by Crippen LogP contribution is 2.21. The van der Waals surface area contributed by atoms with Gasteiger partial charge in [0, 0.05) is 10.3 Å². The van der Waals surface area contributed by atoms with Crippen molar-refractivity contribution in [3.05, 3.63) is 21.9 Å². The summed E-state index contributed by atoms with van der Waals surface area (Å²) in [5.41, 5.74) is 0.499. The molecule has 0 aliphatic rings. The first-order valence-corrected chi connectivity index (χ1v) is 4.38. The molecule has 4 heteroatoms. The van der Waals surface area contributed by atoms with E-state index in [4.69, 9.17) is 5.11 Å². The lowest BCUT2D eigenvalue weighted by Gasteiger charge is -1.96. The van der Waals surface area contributed by atoms with E-state index in [2.05, 4.69) is 4.74 Å². The minimum atomic E-state index is -0.520. The number of aliphatic hydroxyl groups is 1. The van der Waals surface area contributed by atoms with E-state index in [0.717, 1.165) is 4.88 Å². The van der Waals surface area contributed by atoms with Crippen LogP contribution in [0.25, 0.3) is 0 Å². The molecule has 1 rings (SSSR count). The van der Waals surface area contributed by atoms with Gasteiger partial charge in [-0.25, -0.2) is 4.79 Å². The van der Waals surface area contributed by atoms with E-state index in [-0.39, 0.29) is 5.97 Å². The number of carbonyl (C=O) groups excluding carboxylic acids is 1. The summed E-state index contributed by atoms with van der Waals surface area (Å²) in [6.07, 6.45) is -0.520. The van der Waals surface area contributed by atoms with Crippen LogP contribution in [0.5, 0.6) is 0 Å². The van der Waals surface area contributed by atoms with E-state index < -0.39 is 6.10 Å². The number of ether oxygens (including phenoxy) is 1. The lowest BCUT2D eigenvalue weighted by molar-refractivity contribution is 0.0601. The standard InChI is InChI=1S/C8H10O3S/c1-5(9)7-3-6(4-12-7)8(10)11-2/h3-5,9H,1-2H3/t5-/m0/s1. The number of rotatable bonds is 2. The second-order valence-corrected chi connectivity index (χ2v) is 3.35. The van der Waals surface area contributed by atoms with Gasteiger partial charge in [-0.2, -0.15) is 0 Å². The Morgan fingerprint density at radius 2 is 2.42 bits per heavy atom. The molecule has 3 nitrogen and oxygen atoms in total. The first-order valence-electron chi connectivity index (χ1n) is 3.50. The fourth-order valence-electron chi connectivity index (χ4n) is 0.797. The summed E-state index contributed by atoms with van der Waals surface area (Å²) in [6, 6.07) is 1.64. The quantitative estimate of drug-likeness (QED) is 0.713. The topological polar surface area (TPSA) is 46.5 Å². The van der Waals surface area contributed by atoms with Crippen molar-refractivity contribution >= 4 is 17.3 Å². The van der Waals surface area contributed by atoms with E-state index >= 15 is 0 Å². The zero-order valence-electron chi connectivity index (χ0n) is 6.90. The largest absolute Gasteiger partial charge is 0.465 e. The summed E-state index contributed by atoms with van der Waals surface area (Å²) in [7, 11) is 1.34. The highest BCUT2D eigenvalue weighted by molar-refractivity contribution is 7.10. The molecule has 1 heterocycles. The molecule has 0 bridgehead atoms. The maximum atomic E-state index is 11.0. The molecule has 1 N–H and O–H groups in total. The van der Waals surface area contributed by atoms with Crippen molar-refractivity contribution in [3.63, 3.8) is 0 Å². The molecule has 0 radical (unpaired) electrons. The Kier molecular flexibility index (Phi) is 2.83. The van der Waals surface area contributed by atoms with Crippen molar-refractivity contribution in [2.75, 3.05) is 7.11 Å². The van der Waals surface area contributed by atoms with Crippen molar-refractivity contribution < 1.29 is 14.6 Å². The molecule has 0 saturated carbocycles. The minimum absolute atomic E-state index is 0.363. The van der Waals surface area contributed by atoms with Gasteiger partial charge in [0.1, 0.15) is 0 Å². The van der Waals surface area contributed by atoms with Crippen molar-refractivity contribution in [2.24, 2.45) is 0 Å². The number of methoxy groups -OCH3 is 1. The van der Waals surface area contributed by atoms with Crippen molar-refractivity contribution in [1.82, 2.24) is 0 Å². The van der Waals surface area contributed by atoms with Crippen LogP contribution in [0.4, 0.5) is 0 Å². The normalized spacial score (nSPS) is 12.6. The Balaban J connectivity index is 2.84. The number of esters is 1. The summed E-state index contributed by atoms with van der Waals surface area (Å²) in [5.74, 6) is -0.363. The summed E-state index contributed by atoms with van der Waals surface area (Å²) >= 11 is 1.35. The van der Waals surface area contributed by atoms with E-state index in [1.807, 2.05) is 0 Å². The third-order valence-corrected chi connectivity index (χ3v) is 2.56. The van der Waals surface area contributed by atoms with E-state index in [1.54, 1.807) is 18.4 Å². The summed E-state index contributed by atoms with van der Waals surface area (Å²) in [5, 5.41) is 10.8. The molecule has 0 fully saturated rings. The molecule has 1 aromatic heterocycles. The van der Waals surface area contributed by atoms with E-state index in [9.17, 15) is 4.79 Å². The molecule has 66 valence electrons. The summed E-state index contributed by atoms with van der Waals surface area (Å²) in [4.78, 5) is 11.7. The predicted octanol–water partition coefficient (Wildman–Crippen LogP) is 1.59. The van der Waals surface area contributed by atoms with Crippen LogP contribution in [0.3, 0.4) is 0 Å². The summed E-state index contributed by atoms with van der Waals surface area (Å²) in [6.45, 7) is 1.66. The van der Waals surface area contributed by atoms with E-state index in [1.165, 1.54) is 18.4 Å². The Morgan fingerprint density at radius 3 is 2.83 bits per heavy atom. The molecule has 12 heavy (non-hydrogen) atoms. The Morgan fingerprint density at radius 1 is 1.75 bits per heavy atom. The first-order chi connectivity index (χ1) is 5.65. The van der Waals surface area contributed by atoms with Gasteiger partial charge in [-0.15, -0.1) is 11.3 Å². The third kappa shape index (κ3) is 1.84. The van der Waals surface area contributed by atoms with Crippen LogP contribution in [-0.4, -0.2) is 18.2 Å². The number of hydrogen-bond acceptors (Lipinski definition) is 4. The fourth-order valence-corrected chi connectivity index (χ4v) is 1.62. The fraction of sp³-hybridized carbons (Fsp3) is 0.375. The molecule has 0 spiro atoms. The second-order valence-electron chi connectivity index (χ2n) is 2.41. The first kappa shape index (κ1) is 9.22. The van der Waals surface area contributed by atoms with Crippen molar-refractivity contribution in [3.8, 4) is 0 Å². The summed E-state index contributed by atoms with van der Waals surface area (Å²) < 4.78 is 4.52. The SMILES string of the molecule is COC(=O)c1csc([C@H](C)O)c1. The van der Waals surface area contributed by atoms with Crippen LogP contribution in [0.2, 0.25) is 0 Å². The zero-order chi connectivity index (χ0) is 9.14. The Labute approximate surface area is 74.6 Å². The molecule has 0 aromatic carbocycles. The van der Waals surface area contributed by atoms with Gasteiger partial charge >= 0.3 is 5.97 Å². The van der Waals surface area contributed by atoms with Crippen LogP contribution >= 0.6 is 11.3 Å². The molecule has 0 amide bonds. The van der Waals surface area contributed by atoms with Gasteiger partial charge in [-0.05, 0) is 13.0 Å². The lowest BCUT2D eigenvalue weighted by atomic mass is 10.2. The molecule has 0 aliphatic carbocycles. The van der Waals surface area contributed by atoms with Crippen LogP contribution < -0.4 is 0 Å². The molecule has 0 aliphatic heterocycles. The van der Waals surface area contributed by atoms with Gasteiger partial charge in [0.2, 0.25) is 0 Å². The Hall–Kier alpha value is -0.870. The van der Waals surface area contributed by atoms with Gasteiger partial charge < -0.3 is 9.84 Å². The average Bonchev–Trinajstić information content (AvgIpc) is 2.51. The minimum Gasteiger partial charge on any atom is -0.465 e. The van der Waals surface area contributed by atoms with Crippen LogP contribution in [-0.2, 0) is 4.74 Å².